The summed E-state index contributed by atoms with van der Waals surface area (Å²) in [6.45, 7) is 0.839. The summed E-state index contributed by atoms with van der Waals surface area (Å²) in [5, 5.41) is 1.31. The molecule has 1 nitrogen and oxygen atoms in total. The maximum absolute atomic E-state index is 6.32. The summed E-state index contributed by atoms with van der Waals surface area (Å²) in [7, 11) is 0. The number of rotatable bonds is 5. The smallest absolute Gasteiger partial charge is 0.0644 e. The predicted octanol–water partition coefficient (Wildman–Crippen LogP) is 4.73. The van der Waals surface area contributed by atoms with Gasteiger partial charge in [0.15, 0.2) is 0 Å². The molecule has 0 saturated heterocycles. The summed E-state index contributed by atoms with van der Waals surface area (Å²) in [6, 6.07) is 10.7. The quantitative estimate of drug-likeness (QED) is 0.560. The van der Waals surface area contributed by atoms with Gasteiger partial charge in [-0.15, -0.1) is 11.6 Å². The molecule has 0 heterocycles. The Morgan fingerprint density at radius 2 is 2.00 bits per heavy atom. The Morgan fingerprint density at radius 3 is 2.72 bits per heavy atom. The van der Waals surface area contributed by atoms with Crippen LogP contribution in [-0.2, 0) is 4.74 Å². The van der Waals surface area contributed by atoms with Crippen molar-refractivity contribution in [1.29, 1.82) is 0 Å². The van der Waals surface area contributed by atoms with Gasteiger partial charge in [0.05, 0.1) is 6.10 Å². The summed E-state index contributed by atoms with van der Waals surface area (Å²) < 4.78 is 6.05. The van der Waals surface area contributed by atoms with Crippen molar-refractivity contribution in [2.45, 2.75) is 43.1 Å². The molecule has 0 aliphatic heterocycles. The minimum Gasteiger partial charge on any atom is -0.378 e. The van der Waals surface area contributed by atoms with Gasteiger partial charge in [-0.05, 0) is 31.2 Å². The molecule has 0 N–H and O–H groups in total. The fourth-order valence-corrected chi connectivity index (χ4v) is 3.18. The molecule has 0 aromatic heterocycles. The molecule has 0 amide bonds. The lowest BCUT2D eigenvalue weighted by Gasteiger charge is -2.34. The summed E-state index contributed by atoms with van der Waals surface area (Å²) in [4.78, 5) is 0. The van der Waals surface area contributed by atoms with Gasteiger partial charge in [0.2, 0.25) is 0 Å². The zero-order valence-corrected chi connectivity index (χ0v) is 12.9. The minimum absolute atomic E-state index is 0.297. The van der Waals surface area contributed by atoms with Crippen LogP contribution in [0, 0.1) is 0 Å². The van der Waals surface area contributed by atoms with E-state index in [9.17, 15) is 0 Å². The first-order valence-electron chi connectivity index (χ1n) is 6.68. The van der Waals surface area contributed by atoms with Crippen LogP contribution >= 0.6 is 27.5 Å². The van der Waals surface area contributed by atoms with E-state index in [-0.39, 0.29) is 0 Å². The third-order valence-corrected chi connectivity index (χ3v) is 4.52. The van der Waals surface area contributed by atoms with Crippen molar-refractivity contribution in [2.24, 2.45) is 0 Å². The predicted molar refractivity (Wildman–Crippen MR) is 80.8 cm³/mol. The van der Waals surface area contributed by atoms with Crippen molar-refractivity contribution in [2.75, 3.05) is 11.9 Å². The summed E-state index contributed by atoms with van der Waals surface area (Å²) in [6.07, 6.45) is 4.59. The van der Waals surface area contributed by atoms with Gasteiger partial charge in [-0.1, -0.05) is 46.3 Å². The molecule has 0 bridgehead atoms. The lowest BCUT2D eigenvalue weighted by molar-refractivity contribution is 0.0147. The van der Waals surface area contributed by atoms with E-state index >= 15 is 0 Å². The molecule has 1 aromatic rings. The van der Waals surface area contributed by atoms with E-state index < -0.39 is 0 Å². The van der Waals surface area contributed by atoms with Crippen molar-refractivity contribution < 1.29 is 4.74 Å². The first kappa shape index (κ1) is 14.4. The highest BCUT2D eigenvalue weighted by Crippen LogP contribution is 2.37. The number of hydrogen-bond donors (Lipinski definition) is 0. The van der Waals surface area contributed by atoms with Crippen LogP contribution in [0.3, 0.4) is 0 Å². The fourth-order valence-electron chi connectivity index (χ4n) is 2.63. The number of halogens is 2. The van der Waals surface area contributed by atoms with Gasteiger partial charge in [-0.3, -0.25) is 0 Å². The van der Waals surface area contributed by atoms with Crippen LogP contribution in [0.1, 0.15) is 37.2 Å². The molecule has 1 aromatic carbocycles. The molecule has 3 atom stereocenters. The monoisotopic (exact) mass is 330 g/mol. The second kappa shape index (κ2) is 7.52. The highest BCUT2D eigenvalue weighted by Gasteiger charge is 2.31. The number of ether oxygens (including phenoxy) is 1. The largest absolute Gasteiger partial charge is 0.378 e. The standard InChI is InChI=1S/C15H20BrClO/c16-9-4-10-18-15-8-7-13(17)11-14(15)12-5-2-1-3-6-12/h1-3,5-6,13-15H,4,7-11H2. The van der Waals surface area contributed by atoms with Gasteiger partial charge in [0.25, 0.3) is 0 Å². The van der Waals surface area contributed by atoms with Crippen LogP contribution in [0.25, 0.3) is 0 Å². The maximum Gasteiger partial charge on any atom is 0.0644 e. The second-order valence-electron chi connectivity index (χ2n) is 4.88. The zero-order valence-electron chi connectivity index (χ0n) is 10.5. The van der Waals surface area contributed by atoms with Crippen molar-refractivity contribution in [3.8, 4) is 0 Å². The normalized spacial score (nSPS) is 28.2. The first-order chi connectivity index (χ1) is 8.81. The van der Waals surface area contributed by atoms with Crippen molar-refractivity contribution >= 4 is 27.5 Å². The average Bonchev–Trinajstić information content (AvgIpc) is 2.41. The third kappa shape index (κ3) is 3.97. The van der Waals surface area contributed by atoms with Gasteiger partial charge >= 0.3 is 0 Å². The van der Waals surface area contributed by atoms with Crippen molar-refractivity contribution in [1.82, 2.24) is 0 Å². The van der Waals surface area contributed by atoms with Crippen LogP contribution in [0.5, 0.6) is 0 Å². The molecule has 2 rings (SSSR count). The molecule has 1 aliphatic carbocycles. The summed E-state index contributed by atoms with van der Waals surface area (Å²) >= 11 is 9.77. The molecule has 0 spiro atoms. The Kier molecular flexibility index (Phi) is 6.00. The zero-order chi connectivity index (χ0) is 12.8. The topological polar surface area (TPSA) is 9.23 Å². The van der Waals surface area contributed by atoms with E-state index in [0.29, 0.717) is 17.4 Å². The van der Waals surface area contributed by atoms with Crippen molar-refractivity contribution in [3.63, 3.8) is 0 Å². The molecule has 100 valence electrons. The molecule has 1 fully saturated rings. The Morgan fingerprint density at radius 1 is 1.22 bits per heavy atom. The van der Waals surface area contributed by atoms with E-state index in [0.717, 1.165) is 37.6 Å². The molecule has 0 radical (unpaired) electrons. The SMILES string of the molecule is ClC1CCC(OCCCBr)C(c2ccccc2)C1. The Labute approximate surface area is 123 Å². The van der Waals surface area contributed by atoms with Gasteiger partial charge < -0.3 is 4.74 Å². The average molecular weight is 332 g/mol. The highest BCUT2D eigenvalue weighted by molar-refractivity contribution is 9.09. The van der Waals surface area contributed by atoms with Gasteiger partial charge in [0.1, 0.15) is 0 Å². The van der Waals surface area contributed by atoms with Gasteiger partial charge in [0, 0.05) is 23.2 Å². The summed E-state index contributed by atoms with van der Waals surface area (Å²) in [5.41, 5.74) is 1.37. The van der Waals surface area contributed by atoms with E-state index in [1.165, 1.54) is 5.56 Å². The van der Waals surface area contributed by atoms with Crippen LogP contribution in [0.15, 0.2) is 30.3 Å². The van der Waals surface area contributed by atoms with E-state index in [4.69, 9.17) is 16.3 Å². The minimum atomic E-state index is 0.297. The van der Waals surface area contributed by atoms with Gasteiger partial charge in [-0.25, -0.2) is 0 Å². The van der Waals surface area contributed by atoms with Crippen LogP contribution in [-0.4, -0.2) is 23.4 Å². The third-order valence-electron chi connectivity index (χ3n) is 3.56. The first-order valence-corrected chi connectivity index (χ1v) is 8.23. The van der Waals surface area contributed by atoms with Crippen molar-refractivity contribution in [3.05, 3.63) is 35.9 Å². The molecule has 1 saturated carbocycles. The van der Waals surface area contributed by atoms with E-state index in [1.54, 1.807) is 0 Å². The molecule has 3 unspecified atom stereocenters. The molecular formula is C15H20BrClO. The maximum atomic E-state index is 6.32. The van der Waals surface area contributed by atoms with E-state index in [1.807, 2.05) is 0 Å². The molecule has 3 heteroatoms. The fraction of sp³-hybridized carbons (Fsp3) is 0.600. The van der Waals surface area contributed by atoms with E-state index in [2.05, 4.69) is 46.3 Å². The lowest BCUT2D eigenvalue weighted by atomic mass is 9.81. The van der Waals surface area contributed by atoms with Crippen LogP contribution in [0.2, 0.25) is 0 Å². The Hall–Kier alpha value is -0.0500. The Bertz CT molecular complexity index is 344. The summed E-state index contributed by atoms with van der Waals surface area (Å²) in [5.74, 6) is 0.456. The van der Waals surface area contributed by atoms with Crippen LogP contribution < -0.4 is 0 Å². The number of benzene rings is 1. The second-order valence-corrected chi connectivity index (χ2v) is 6.29. The molecule has 18 heavy (non-hydrogen) atoms. The lowest BCUT2D eigenvalue weighted by Crippen LogP contribution is -2.30. The van der Waals surface area contributed by atoms with Crippen LogP contribution in [0.4, 0.5) is 0 Å². The van der Waals surface area contributed by atoms with Gasteiger partial charge in [-0.2, -0.15) is 0 Å². The number of alkyl halides is 2. The molecular weight excluding hydrogens is 312 g/mol. The number of hydrogen-bond acceptors (Lipinski definition) is 1. The Balaban J connectivity index is 2.02. The highest BCUT2D eigenvalue weighted by atomic mass is 79.9. The molecule has 1 aliphatic rings.